The van der Waals surface area contributed by atoms with Gasteiger partial charge in [0.2, 0.25) is 0 Å². The molecule has 0 radical (unpaired) electrons. The van der Waals surface area contributed by atoms with Crippen LogP contribution in [0.3, 0.4) is 0 Å². The summed E-state index contributed by atoms with van der Waals surface area (Å²) in [6.07, 6.45) is 6.66. The van der Waals surface area contributed by atoms with Gasteiger partial charge in [-0.1, -0.05) is 0 Å². The second-order valence-electron chi connectivity index (χ2n) is 5.18. The molecule has 0 amide bonds. The Balaban J connectivity index is 1.94. The summed E-state index contributed by atoms with van der Waals surface area (Å²) in [5.74, 6) is 1.10. The zero-order valence-corrected chi connectivity index (χ0v) is 12.2. The van der Waals surface area contributed by atoms with E-state index in [2.05, 4.69) is 38.8 Å². The summed E-state index contributed by atoms with van der Waals surface area (Å²) in [4.78, 5) is 7.09. The molecule has 1 aromatic rings. The van der Waals surface area contributed by atoms with Gasteiger partial charge in [0.15, 0.2) is 0 Å². The van der Waals surface area contributed by atoms with E-state index in [9.17, 15) is 0 Å². The highest BCUT2D eigenvalue weighted by Gasteiger charge is 2.41. The van der Waals surface area contributed by atoms with Crippen LogP contribution in [-0.4, -0.2) is 22.4 Å². The van der Waals surface area contributed by atoms with Crippen molar-refractivity contribution in [3.8, 4) is 0 Å². The normalized spacial score (nSPS) is 31.9. The predicted octanol–water partition coefficient (Wildman–Crippen LogP) is 3.89. The van der Waals surface area contributed by atoms with Gasteiger partial charge < -0.3 is 4.90 Å². The van der Waals surface area contributed by atoms with E-state index in [1.54, 1.807) is 0 Å². The van der Waals surface area contributed by atoms with Gasteiger partial charge in [-0.2, -0.15) is 0 Å². The van der Waals surface area contributed by atoms with E-state index in [4.69, 9.17) is 11.6 Å². The molecule has 0 aliphatic carbocycles. The van der Waals surface area contributed by atoms with E-state index in [-0.39, 0.29) is 0 Å². The van der Waals surface area contributed by atoms with Gasteiger partial charge in [-0.25, -0.2) is 4.98 Å². The monoisotopic (exact) mass is 314 g/mol. The van der Waals surface area contributed by atoms with Crippen LogP contribution in [0.1, 0.15) is 31.2 Å². The molecule has 3 heterocycles. The van der Waals surface area contributed by atoms with Gasteiger partial charge in [-0.3, -0.25) is 0 Å². The largest absolute Gasteiger partial charge is 0.350 e. The van der Waals surface area contributed by atoms with E-state index in [1.807, 2.05) is 6.20 Å². The van der Waals surface area contributed by atoms with Crippen LogP contribution in [0.15, 0.2) is 16.7 Å². The first-order valence-corrected chi connectivity index (χ1v) is 7.42. The minimum atomic E-state index is 0.355. The van der Waals surface area contributed by atoms with Gasteiger partial charge in [0.05, 0.1) is 4.47 Å². The molecule has 2 saturated heterocycles. The minimum absolute atomic E-state index is 0.355. The molecule has 2 aliphatic heterocycles. The third-order valence-corrected chi connectivity index (χ3v) is 4.82. The second kappa shape index (κ2) is 4.43. The molecule has 2 bridgehead atoms. The summed E-state index contributed by atoms with van der Waals surface area (Å²) in [6, 6.07) is 3.32. The number of rotatable bonds is 1. The lowest BCUT2D eigenvalue weighted by Crippen LogP contribution is -2.44. The number of fused-ring (bicyclic) bond motifs is 2. The fourth-order valence-corrected chi connectivity index (χ4v) is 4.25. The van der Waals surface area contributed by atoms with E-state index in [0.717, 1.165) is 23.1 Å². The van der Waals surface area contributed by atoms with Crippen LogP contribution < -0.4 is 4.90 Å². The molecular formula is C13H16BrClN2. The van der Waals surface area contributed by atoms with Crippen molar-refractivity contribution >= 4 is 33.3 Å². The molecule has 0 saturated carbocycles. The summed E-state index contributed by atoms with van der Waals surface area (Å²) in [6.45, 7) is 2.07. The van der Waals surface area contributed by atoms with E-state index < -0.39 is 0 Å². The number of alkyl halides is 1. The molecule has 2 atom stereocenters. The van der Waals surface area contributed by atoms with Crippen LogP contribution in [0, 0.1) is 6.92 Å². The maximum atomic E-state index is 6.31. The molecule has 3 rings (SSSR count). The molecule has 2 nitrogen and oxygen atoms in total. The highest BCUT2D eigenvalue weighted by Crippen LogP contribution is 2.42. The number of hydrogen-bond acceptors (Lipinski definition) is 2. The van der Waals surface area contributed by atoms with Crippen LogP contribution in [0.4, 0.5) is 5.82 Å². The van der Waals surface area contributed by atoms with Gasteiger partial charge in [0.1, 0.15) is 5.82 Å². The summed E-state index contributed by atoms with van der Waals surface area (Å²) in [5.41, 5.74) is 1.19. The number of hydrogen-bond donors (Lipinski definition) is 0. The molecule has 2 aliphatic rings. The van der Waals surface area contributed by atoms with Crippen LogP contribution in [-0.2, 0) is 0 Å². The lowest BCUT2D eigenvalue weighted by molar-refractivity contribution is 0.470. The predicted molar refractivity (Wildman–Crippen MR) is 74.8 cm³/mol. The molecule has 0 aromatic carbocycles. The van der Waals surface area contributed by atoms with E-state index in [0.29, 0.717) is 17.5 Å². The molecule has 0 N–H and O–H groups in total. The summed E-state index contributed by atoms with van der Waals surface area (Å²) in [5, 5.41) is 0.355. The Bertz CT molecular complexity index is 423. The van der Waals surface area contributed by atoms with Crippen molar-refractivity contribution in [1.29, 1.82) is 0 Å². The van der Waals surface area contributed by atoms with Crippen LogP contribution in [0.2, 0.25) is 0 Å². The van der Waals surface area contributed by atoms with E-state index in [1.165, 1.54) is 18.4 Å². The summed E-state index contributed by atoms with van der Waals surface area (Å²) >= 11 is 9.95. The average Bonchev–Trinajstić information content (AvgIpc) is 2.53. The average molecular weight is 316 g/mol. The molecule has 17 heavy (non-hydrogen) atoms. The number of piperidine rings is 1. The van der Waals surface area contributed by atoms with Crippen molar-refractivity contribution in [3.05, 3.63) is 22.3 Å². The number of pyridine rings is 1. The van der Waals surface area contributed by atoms with Gasteiger partial charge >= 0.3 is 0 Å². The lowest BCUT2D eigenvalue weighted by Gasteiger charge is -2.38. The second-order valence-corrected chi connectivity index (χ2v) is 6.65. The van der Waals surface area contributed by atoms with Crippen LogP contribution in [0.25, 0.3) is 0 Å². The first kappa shape index (κ1) is 11.8. The highest BCUT2D eigenvalue weighted by molar-refractivity contribution is 9.10. The number of aryl methyl sites for hydroxylation is 1. The number of anilines is 1. The molecule has 92 valence electrons. The van der Waals surface area contributed by atoms with Gasteiger partial charge in [-0.05, 0) is 60.2 Å². The fraction of sp³-hybridized carbons (Fsp3) is 0.615. The van der Waals surface area contributed by atoms with Crippen molar-refractivity contribution in [2.75, 3.05) is 4.90 Å². The minimum Gasteiger partial charge on any atom is -0.350 e. The lowest BCUT2D eigenvalue weighted by atomic mass is 10.0. The zero-order valence-electron chi connectivity index (χ0n) is 9.87. The van der Waals surface area contributed by atoms with Crippen LogP contribution in [0.5, 0.6) is 0 Å². The SMILES string of the molecule is Cc1cnc(N2C3CCC2CC(Cl)C3)c(Br)c1. The molecule has 0 spiro atoms. The molecular weight excluding hydrogens is 300 g/mol. The Morgan fingerprint density at radius 2 is 2.00 bits per heavy atom. The first-order chi connectivity index (χ1) is 8.15. The Morgan fingerprint density at radius 3 is 2.59 bits per heavy atom. The molecule has 2 fully saturated rings. The third kappa shape index (κ3) is 2.08. The van der Waals surface area contributed by atoms with Gasteiger partial charge in [0, 0.05) is 23.7 Å². The van der Waals surface area contributed by atoms with Crippen LogP contribution >= 0.6 is 27.5 Å². The number of halogens is 2. The number of nitrogens with zero attached hydrogens (tertiary/aromatic N) is 2. The zero-order chi connectivity index (χ0) is 12.0. The Labute approximate surface area is 115 Å². The van der Waals surface area contributed by atoms with Gasteiger partial charge in [-0.15, -0.1) is 11.6 Å². The molecule has 2 unspecified atom stereocenters. The topological polar surface area (TPSA) is 16.1 Å². The van der Waals surface area contributed by atoms with Gasteiger partial charge in [0.25, 0.3) is 0 Å². The van der Waals surface area contributed by atoms with Crippen molar-refractivity contribution in [3.63, 3.8) is 0 Å². The maximum absolute atomic E-state index is 6.31. The quantitative estimate of drug-likeness (QED) is 0.731. The third-order valence-electron chi connectivity index (χ3n) is 3.88. The molecule has 4 heteroatoms. The summed E-state index contributed by atoms with van der Waals surface area (Å²) in [7, 11) is 0. The fourth-order valence-electron chi connectivity index (χ4n) is 3.17. The molecule has 1 aromatic heterocycles. The Hall–Kier alpha value is -0.280. The van der Waals surface area contributed by atoms with E-state index >= 15 is 0 Å². The smallest absolute Gasteiger partial charge is 0.143 e. The Kier molecular flexibility index (Phi) is 3.07. The first-order valence-electron chi connectivity index (χ1n) is 6.19. The standard InChI is InChI=1S/C13H16BrClN2/c1-8-4-12(14)13(16-7-8)17-10-2-3-11(17)6-9(15)5-10/h4,7,9-11H,2-3,5-6H2,1H3. The number of aromatic nitrogens is 1. The van der Waals surface area contributed by atoms with Crippen molar-refractivity contribution < 1.29 is 0 Å². The summed E-state index contributed by atoms with van der Waals surface area (Å²) < 4.78 is 1.11. The Morgan fingerprint density at radius 1 is 1.35 bits per heavy atom. The van der Waals surface area contributed by atoms with Crippen molar-refractivity contribution in [1.82, 2.24) is 4.98 Å². The van der Waals surface area contributed by atoms with Crippen molar-refractivity contribution in [2.24, 2.45) is 0 Å². The highest BCUT2D eigenvalue weighted by atomic mass is 79.9. The maximum Gasteiger partial charge on any atom is 0.143 e. The van der Waals surface area contributed by atoms with Crippen molar-refractivity contribution in [2.45, 2.75) is 50.1 Å².